The van der Waals surface area contributed by atoms with Gasteiger partial charge in [-0.25, -0.2) is 4.98 Å². The van der Waals surface area contributed by atoms with Gasteiger partial charge in [-0.3, -0.25) is 4.79 Å². The number of carbonyl (C=O) groups excluding carboxylic acids is 1. The Bertz CT molecular complexity index is 936. The summed E-state index contributed by atoms with van der Waals surface area (Å²) in [5.74, 6) is 2.26. The Kier molecular flexibility index (Phi) is 7.08. The molecule has 0 saturated carbocycles. The number of rotatable bonds is 9. The summed E-state index contributed by atoms with van der Waals surface area (Å²) in [6.45, 7) is 2.46. The number of aryl methyl sites for hydroxylation is 1. The van der Waals surface area contributed by atoms with Gasteiger partial charge in [-0.05, 0) is 61.9 Å². The second kappa shape index (κ2) is 9.93. The number of methoxy groups -OCH3 is 2. The van der Waals surface area contributed by atoms with Gasteiger partial charge in [0.2, 0.25) is 5.91 Å². The average Bonchev–Trinajstić information content (AvgIpc) is 3.11. The molecule has 152 valence electrons. The zero-order valence-corrected chi connectivity index (χ0v) is 17.5. The van der Waals surface area contributed by atoms with Crippen molar-refractivity contribution in [3.8, 4) is 28.5 Å². The molecule has 0 saturated heterocycles. The minimum Gasteiger partial charge on any atom is -0.497 e. The van der Waals surface area contributed by atoms with E-state index in [-0.39, 0.29) is 5.91 Å². The second-order valence-electron chi connectivity index (χ2n) is 6.33. The van der Waals surface area contributed by atoms with E-state index < -0.39 is 0 Å². The van der Waals surface area contributed by atoms with E-state index in [1.54, 1.807) is 14.2 Å². The molecule has 0 aliphatic carbocycles. The molecule has 1 N–H and O–H groups in total. The van der Waals surface area contributed by atoms with E-state index in [9.17, 15) is 4.79 Å². The van der Waals surface area contributed by atoms with Crippen LogP contribution in [0.1, 0.15) is 17.7 Å². The van der Waals surface area contributed by atoms with Gasteiger partial charge in [-0.2, -0.15) is 0 Å². The summed E-state index contributed by atoms with van der Waals surface area (Å²) in [7, 11) is 3.26. The molecule has 1 aromatic heterocycles. The van der Waals surface area contributed by atoms with Crippen molar-refractivity contribution in [3.63, 3.8) is 0 Å². The second-order valence-corrected chi connectivity index (χ2v) is 7.53. The Morgan fingerprint density at radius 3 is 2.17 bits per heavy atom. The molecule has 6 nitrogen and oxygen atoms in total. The molecule has 7 heteroatoms. The first-order chi connectivity index (χ1) is 14.1. The van der Waals surface area contributed by atoms with E-state index >= 15 is 0 Å². The number of hydrogen-bond donors (Lipinski definition) is 1. The van der Waals surface area contributed by atoms with Gasteiger partial charge in [-0.15, -0.1) is 11.3 Å². The quantitative estimate of drug-likeness (QED) is 0.505. The van der Waals surface area contributed by atoms with Gasteiger partial charge < -0.3 is 19.5 Å². The fourth-order valence-corrected chi connectivity index (χ4v) is 3.60. The molecule has 0 fully saturated rings. The molecule has 29 heavy (non-hydrogen) atoms. The molecule has 0 aliphatic rings. The van der Waals surface area contributed by atoms with Crippen LogP contribution in [-0.4, -0.2) is 31.7 Å². The van der Waals surface area contributed by atoms with Crippen LogP contribution in [0.3, 0.4) is 0 Å². The first kappa shape index (κ1) is 20.7. The normalized spacial score (nSPS) is 10.4. The number of amides is 1. The summed E-state index contributed by atoms with van der Waals surface area (Å²) in [6.07, 6.45) is 0.986. The van der Waals surface area contributed by atoms with E-state index in [0.717, 1.165) is 33.4 Å². The van der Waals surface area contributed by atoms with Crippen LogP contribution in [-0.2, 0) is 4.79 Å². The van der Waals surface area contributed by atoms with Crippen molar-refractivity contribution in [3.05, 3.63) is 53.4 Å². The van der Waals surface area contributed by atoms with Gasteiger partial charge in [0.25, 0.3) is 0 Å². The van der Waals surface area contributed by atoms with Crippen molar-refractivity contribution < 1.29 is 19.0 Å². The highest BCUT2D eigenvalue weighted by molar-refractivity contribution is 7.16. The highest BCUT2D eigenvalue weighted by Crippen LogP contribution is 2.31. The molecule has 3 rings (SSSR count). The van der Waals surface area contributed by atoms with Crippen LogP contribution in [0.15, 0.2) is 48.5 Å². The van der Waals surface area contributed by atoms with Gasteiger partial charge in [0, 0.05) is 16.9 Å². The van der Waals surface area contributed by atoms with Crippen LogP contribution in [0.5, 0.6) is 17.2 Å². The zero-order chi connectivity index (χ0) is 20.6. The van der Waals surface area contributed by atoms with Crippen LogP contribution in [0.2, 0.25) is 0 Å². The van der Waals surface area contributed by atoms with Crippen molar-refractivity contribution >= 4 is 22.4 Å². The maximum Gasteiger partial charge on any atom is 0.226 e. The number of ether oxygens (including phenoxy) is 3. The summed E-state index contributed by atoms with van der Waals surface area (Å²) in [5, 5.41) is 3.49. The topological polar surface area (TPSA) is 69.7 Å². The first-order valence-electron chi connectivity index (χ1n) is 9.27. The third kappa shape index (κ3) is 5.71. The number of hydrogen-bond acceptors (Lipinski definition) is 6. The lowest BCUT2D eigenvalue weighted by Crippen LogP contribution is -2.12. The SMILES string of the molecule is COc1ccc(OCCCC(=O)Nc2nc(-c3ccc(OC)cc3)c(C)s2)cc1. The Hall–Kier alpha value is -3.06. The monoisotopic (exact) mass is 412 g/mol. The molecule has 0 bridgehead atoms. The standard InChI is InChI=1S/C22H24N2O4S/c1-15-21(16-6-8-17(26-2)9-7-16)24-22(29-15)23-20(25)5-4-14-28-19-12-10-18(27-3)11-13-19/h6-13H,4-5,14H2,1-3H3,(H,23,24,25). The number of aromatic nitrogens is 1. The molecule has 1 amide bonds. The predicted molar refractivity (Wildman–Crippen MR) is 115 cm³/mol. The zero-order valence-electron chi connectivity index (χ0n) is 16.7. The minimum atomic E-state index is -0.0710. The molecule has 0 atom stereocenters. The summed E-state index contributed by atoms with van der Waals surface area (Å²) in [5.41, 5.74) is 1.86. The Morgan fingerprint density at radius 2 is 1.55 bits per heavy atom. The van der Waals surface area contributed by atoms with Crippen LogP contribution in [0, 0.1) is 6.92 Å². The van der Waals surface area contributed by atoms with E-state index in [2.05, 4.69) is 10.3 Å². The largest absolute Gasteiger partial charge is 0.497 e. The van der Waals surface area contributed by atoms with Crippen molar-refractivity contribution in [1.82, 2.24) is 4.98 Å². The summed E-state index contributed by atoms with van der Waals surface area (Å²) >= 11 is 1.47. The molecular weight excluding hydrogens is 388 g/mol. The predicted octanol–water partition coefficient (Wildman–Crippen LogP) is 4.93. The highest BCUT2D eigenvalue weighted by atomic mass is 32.1. The number of carbonyl (C=O) groups is 1. The Balaban J connectivity index is 1.47. The van der Waals surface area contributed by atoms with Crippen LogP contribution < -0.4 is 19.5 Å². The van der Waals surface area contributed by atoms with E-state index in [1.165, 1.54) is 11.3 Å². The number of nitrogens with zero attached hydrogens (tertiary/aromatic N) is 1. The summed E-state index contributed by atoms with van der Waals surface area (Å²) in [4.78, 5) is 17.8. The van der Waals surface area contributed by atoms with E-state index in [4.69, 9.17) is 14.2 Å². The lowest BCUT2D eigenvalue weighted by molar-refractivity contribution is -0.116. The van der Waals surface area contributed by atoms with Gasteiger partial charge in [0.15, 0.2) is 5.13 Å². The molecule has 2 aromatic carbocycles. The lowest BCUT2D eigenvalue weighted by Gasteiger charge is -2.07. The summed E-state index contributed by atoms with van der Waals surface area (Å²) < 4.78 is 15.9. The fourth-order valence-electron chi connectivity index (χ4n) is 2.74. The molecule has 0 aliphatic heterocycles. The number of nitrogens with one attached hydrogen (secondary N) is 1. The van der Waals surface area contributed by atoms with Gasteiger partial charge in [0.1, 0.15) is 17.2 Å². The van der Waals surface area contributed by atoms with Gasteiger partial charge >= 0.3 is 0 Å². The van der Waals surface area contributed by atoms with Gasteiger partial charge in [-0.1, -0.05) is 0 Å². The van der Waals surface area contributed by atoms with Crippen LogP contribution >= 0.6 is 11.3 Å². The minimum absolute atomic E-state index is 0.0710. The number of thiazole rings is 1. The Morgan fingerprint density at radius 1 is 0.966 bits per heavy atom. The third-order valence-corrected chi connectivity index (χ3v) is 5.17. The average molecular weight is 413 g/mol. The first-order valence-corrected chi connectivity index (χ1v) is 10.1. The third-order valence-electron chi connectivity index (χ3n) is 4.28. The molecule has 0 unspecified atom stereocenters. The van der Waals surface area contributed by atoms with E-state index in [1.807, 2.05) is 55.5 Å². The fraction of sp³-hybridized carbons (Fsp3) is 0.273. The summed E-state index contributed by atoms with van der Waals surface area (Å²) in [6, 6.07) is 15.1. The smallest absolute Gasteiger partial charge is 0.226 e. The highest BCUT2D eigenvalue weighted by Gasteiger charge is 2.12. The van der Waals surface area contributed by atoms with E-state index in [0.29, 0.717) is 24.6 Å². The lowest BCUT2D eigenvalue weighted by atomic mass is 10.1. The van der Waals surface area contributed by atoms with Gasteiger partial charge in [0.05, 0.1) is 26.5 Å². The van der Waals surface area contributed by atoms with Crippen LogP contribution in [0.25, 0.3) is 11.3 Å². The maximum atomic E-state index is 12.2. The van der Waals surface area contributed by atoms with Crippen molar-refractivity contribution in [2.75, 3.05) is 26.1 Å². The molecule has 0 spiro atoms. The van der Waals surface area contributed by atoms with Crippen molar-refractivity contribution in [2.24, 2.45) is 0 Å². The molecule has 0 radical (unpaired) electrons. The molecule has 3 aromatic rings. The number of anilines is 1. The maximum absolute atomic E-state index is 12.2. The van der Waals surface area contributed by atoms with Crippen molar-refractivity contribution in [2.45, 2.75) is 19.8 Å². The molecular formula is C22H24N2O4S. The molecule has 1 heterocycles. The number of benzene rings is 2. The van der Waals surface area contributed by atoms with Crippen LogP contribution in [0.4, 0.5) is 5.13 Å². The van der Waals surface area contributed by atoms with Crippen molar-refractivity contribution in [1.29, 1.82) is 0 Å². The Labute approximate surface area is 174 Å².